The number of benzene rings is 3. The van der Waals surface area contributed by atoms with E-state index in [1.165, 1.54) is 54.6 Å². The molecule has 1 aliphatic carbocycles. The molecule has 1 aliphatic rings. The van der Waals surface area contributed by atoms with E-state index in [-0.39, 0.29) is 22.3 Å². The van der Waals surface area contributed by atoms with Gasteiger partial charge in [-0.2, -0.15) is 0 Å². The van der Waals surface area contributed by atoms with Gasteiger partial charge in [0.05, 0.1) is 5.57 Å². The number of Topliss-reactive ketones (excluding diaryl/α,β-unsaturated/α-hetero) is 2. The molecule has 0 atom stereocenters. The lowest BCUT2D eigenvalue weighted by molar-refractivity contribution is -0.165. The maximum absolute atomic E-state index is 13.5. The summed E-state index contributed by atoms with van der Waals surface area (Å²) in [5, 5.41) is 22.6. The zero-order valence-corrected chi connectivity index (χ0v) is 18.1. The summed E-state index contributed by atoms with van der Waals surface area (Å²) in [5.74, 6) is -4.45. The standard InChI is InChI=1S/C26H24N4O4/c27-18-10-6-16(7-11-18)23(31)21-14-20(15-4-2-1-3-5-15)22(26(33,34)25(21,29)30)24(32)17-8-12-19(28)13-9-17/h1-14,33-34H,27-30H2. The van der Waals surface area contributed by atoms with Gasteiger partial charge in [-0.25, -0.2) is 0 Å². The average Bonchev–Trinajstić information content (AvgIpc) is 2.81. The number of carbonyl (C=O) groups excluding carboxylic acids is 2. The molecule has 0 unspecified atom stereocenters. The highest BCUT2D eigenvalue weighted by Crippen LogP contribution is 2.42. The van der Waals surface area contributed by atoms with Gasteiger partial charge in [0.2, 0.25) is 5.79 Å². The lowest BCUT2D eigenvalue weighted by Gasteiger charge is -2.43. The second-order valence-electron chi connectivity index (χ2n) is 8.16. The lowest BCUT2D eigenvalue weighted by Crippen LogP contribution is -2.71. The third-order valence-electron chi connectivity index (χ3n) is 5.83. The summed E-state index contributed by atoms with van der Waals surface area (Å²) in [7, 11) is 0. The molecular weight excluding hydrogens is 432 g/mol. The number of carbonyl (C=O) groups is 2. The van der Waals surface area contributed by atoms with Crippen LogP contribution in [0.3, 0.4) is 0 Å². The number of allylic oxidation sites excluding steroid dienone is 2. The molecule has 0 saturated carbocycles. The molecule has 172 valence electrons. The molecule has 0 heterocycles. The van der Waals surface area contributed by atoms with Crippen molar-refractivity contribution in [1.29, 1.82) is 0 Å². The molecule has 8 nitrogen and oxygen atoms in total. The fourth-order valence-electron chi connectivity index (χ4n) is 3.87. The Morgan fingerprint density at radius 1 is 0.676 bits per heavy atom. The minimum Gasteiger partial charge on any atom is -0.399 e. The van der Waals surface area contributed by atoms with Crippen molar-refractivity contribution < 1.29 is 19.8 Å². The molecule has 0 amide bonds. The molecule has 0 radical (unpaired) electrons. The van der Waals surface area contributed by atoms with Gasteiger partial charge in [-0.1, -0.05) is 30.3 Å². The molecule has 0 aliphatic heterocycles. The third-order valence-corrected chi connectivity index (χ3v) is 5.83. The summed E-state index contributed by atoms with van der Waals surface area (Å²) < 4.78 is 0. The second kappa shape index (κ2) is 8.36. The molecule has 3 aromatic carbocycles. The Balaban J connectivity index is 1.98. The van der Waals surface area contributed by atoms with E-state index in [0.29, 0.717) is 16.9 Å². The van der Waals surface area contributed by atoms with Crippen LogP contribution in [0.5, 0.6) is 0 Å². The van der Waals surface area contributed by atoms with Crippen molar-refractivity contribution in [1.82, 2.24) is 0 Å². The topological polar surface area (TPSA) is 179 Å². The summed E-state index contributed by atoms with van der Waals surface area (Å²) in [6, 6.07) is 20.5. The normalized spacial score (nSPS) is 16.6. The van der Waals surface area contributed by atoms with Crippen LogP contribution in [-0.2, 0) is 0 Å². The summed E-state index contributed by atoms with van der Waals surface area (Å²) in [6.45, 7) is 0. The predicted octanol–water partition coefficient (Wildman–Crippen LogP) is 1.60. The van der Waals surface area contributed by atoms with Crippen molar-refractivity contribution in [2.75, 3.05) is 11.5 Å². The van der Waals surface area contributed by atoms with E-state index >= 15 is 0 Å². The summed E-state index contributed by atoms with van der Waals surface area (Å²) >= 11 is 0. The molecule has 0 fully saturated rings. The Bertz CT molecular complexity index is 1320. The molecule has 8 heteroatoms. The summed E-state index contributed by atoms with van der Waals surface area (Å²) in [4.78, 5) is 26.9. The highest BCUT2D eigenvalue weighted by atomic mass is 16.5. The monoisotopic (exact) mass is 456 g/mol. The number of hydrogen-bond donors (Lipinski definition) is 6. The van der Waals surface area contributed by atoms with Crippen LogP contribution < -0.4 is 22.9 Å². The van der Waals surface area contributed by atoms with E-state index in [2.05, 4.69) is 0 Å². The number of rotatable bonds is 5. The summed E-state index contributed by atoms with van der Waals surface area (Å²) in [5.41, 5.74) is 22.4. The minimum absolute atomic E-state index is 0.109. The first kappa shape index (κ1) is 23.1. The molecule has 34 heavy (non-hydrogen) atoms. The number of anilines is 2. The highest BCUT2D eigenvalue weighted by Gasteiger charge is 2.56. The SMILES string of the molecule is Nc1ccc(C(=O)C2=CC(c3ccccc3)=C(C(=O)c3ccc(N)cc3)C(O)(O)C2(N)N)cc1. The van der Waals surface area contributed by atoms with Crippen LogP contribution in [0.1, 0.15) is 26.3 Å². The Morgan fingerprint density at radius 3 is 1.65 bits per heavy atom. The van der Waals surface area contributed by atoms with Crippen LogP contribution in [0.25, 0.3) is 5.57 Å². The van der Waals surface area contributed by atoms with Crippen LogP contribution in [0, 0.1) is 0 Å². The third kappa shape index (κ3) is 3.81. The number of ketones is 2. The van der Waals surface area contributed by atoms with Gasteiger partial charge in [0.25, 0.3) is 0 Å². The quantitative estimate of drug-likeness (QED) is 0.190. The minimum atomic E-state index is -3.09. The Morgan fingerprint density at radius 2 is 1.15 bits per heavy atom. The van der Waals surface area contributed by atoms with Crippen molar-refractivity contribution in [3.05, 3.63) is 113 Å². The van der Waals surface area contributed by atoms with E-state index in [4.69, 9.17) is 22.9 Å². The molecular formula is C26H24N4O4. The second-order valence-corrected chi connectivity index (χ2v) is 8.16. The summed E-state index contributed by atoms with van der Waals surface area (Å²) in [6.07, 6.45) is 1.34. The van der Waals surface area contributed by atoms with Crippen LogP contribution in [0.15, 0.2) is 96.1 Å². The zero-order chi connectivity index (χ0) is 24.7. The van der Waals surface area contributed by atoms with Gasteiger partial charge in [-0.3, -0.25) is 9.59 Å². The maximum Gasteiger partial charge on any atom is 0.231 e. The molecule has 0 saturated heterocycles. The van der Waals surface area contributed by atoms with Crippen molar-refractivity contribution in [3.63, 3.8) is 0 Å². The van der Waals surface area contributed by atoms with Crippen LogP contribution in [0.4, 0.5) is 11.4 Å². The molecule has 0 bridgehead atoms. The average molecular weight is 457 g/mol. The van der Waals surface area contributed by atoms with Crippen LogP contribution >= 0.6 is 0 Å². The fraction of sp³-hybridized carbons (Fsp3) is 0.0769. The molecule has 0 spiro atoms. The molecule has 4 rings (SSSR count). The first-order valence-electron chi connectivity index (χ1n) is 10.4. The van der Waals surface area contributed by atoms with Crippen molar-refractivity contribution >= 4 is 28.5 Å². The maximum atomic E-state index is 13.5. The van der Waals surface area contributed by atoms with Gasteiger partial charge in [-0.15, -0.1) is 0 Å². The number of hydrogen-bond acceptors (Lipinski definition) is 8. The van der Waals surface area contributed by atoms with Gasteiger partial charge < -0.3 is 33.1 Å². The number of aliphatic hydroxyl groups is 2. The van der Waals surface area contributed by atoms with Crippen LogP contribution in [-0.4, -0.2) is 33.2 Å². The highest BCUT2D eigenvalue weighted by molar-refractivity contribution is 6.19. The van der Waals surface area contributed by atoms with Crippen molar-refractivity contribution in [2.45, 2.75) is 11.4 Å². The number of nitrogen functional groups attached to an aromatic ring is 2. The van der Waals surface area contributed by atoms with Crippen molar-refractivity contribution in [3.8, 4) is 0 Å². The first-order chi connectivity index (χ1) is 16.0. The van der Waals surface area contributed by atoms with Crippen LogP contribution in [0.2, 0.25) is 0 Å². The van der Waals surface area contributed by atoms with E-state index in [1.54, 1.807) is 30.3 Å². The van der Waals surface area contributed by atoms with E-state index in [9.17, 15) is 19.8 Å². The Labute approximate surface area is 195 Å². The largest absolute Gasteiger partial charge is 0.399 e. The Hall–Kier alpha value is -4.08. The van der Waals surface area contributed by atoms with E-state index in [0.717, 1.165) is 0 Å². The van der Waals surface area contributed by atoms with E-state index < -0.39 is 28.6 Å². The lowest BCUT2D eigenvalue weighted by atomic mass is 9.72. The van der Waals surface area contributed by atoms with Gasteiger partial charge in [0, 0.05) is 28.1 Å². The Kier molecular flexibility index (Phi) is 5.68. The van der Waals surface area contributed by atoms with Crippen molar-refractivity contribution in [2.24, 2.45) is 11.5 Å². The predicted molar refractivity (Wildman–Crippen MR) is 130 cm³/mol. The van der Waals surface area contributed by atoms with Gasteiger partial charge in [-0.05, 0) is 65.7 Å². The smallest absolute Gasteiger partial charge is 0.231 e. The molecule has 3 aromatic rings. The van der Waals surface area contributed by atoms with Gasteiger partial charge in [0.1, 0.15) is 0 Å². The van der Waals surface area contributed by atoms with E-state index in [1.807, 2.05) is 0 Å². The van der Waals surface area contributed by atoms with Gasteiger partial charge in [0.15, 0.2) is 17.2 Å². The van der Waals surface area contributed by atoms with Gasteiger partial charge >= 0.3 is 0 Å². The fourth-order valence-corrected chi connectivity index (χ4v) is 3.87. The first-order valence-corrected chi connectivity index (χ1v) is 10.4. The number of nitrogens with two attached hydrogens (primary N) is 4. The molecule has 10 N–H and O–H groups in total. The zero-order valence-electron chi connectivity index (χ0n) is 18.1. The molecule has 0 aromatic heterocycles.